The quantitative estimate of drug-likeness (QED) is 0.187. The van der Waals surface area contributed by atoms with Crippen molar-refractivity contribution in [1.82, 2.24) is 4.57 Å². The Balaban J connectivity index is 1.48. The third-order valence-electron chi connectivity index (χ3n) is 5.99. The van der Waals surface area contributed by atoms with Gasteiger partial charge in [0.05, 0.1) is 33.9 Å². The first-order valence-corrected chi connectivity index (χ1v) is 12.8. The Morgan fingerprint density at radius 3 is 2.72 bits per heavy atom. The molecule has 0 aliphatic carbocycles. The van der Waals surface area contributed by atoms with E-state index in [1.54, 1.807) is 25.1 Å². The molecule has 0 saturated carbocycles. The summed E-state index contributed by atoms with van der Waals surface area (Å²) in [6.07, 6.45) is 1.58. The molecule has 2 aromatic carbocycles. The van der Waals surface area contributed by atoms with Gasteiger partial charge in [-0.2, -0.15) is 0 Å². The first kappa shape index (κ1) is 26.1. The second-order valence-corrected chi connectivity index (χ2v) is 9.89. The number of carbonyl (C=O) groups excluding carboxylic acids is 1. The van der Waals surface area contributed by atoms with E-state index in [4.69, 9.17) is 25.5 Å². The van der Waals surface area contributed by atoms with Gasteiger partial charge in [-0.3, -0.25) is 19.5 Å². The summed E-state index contributed by atoms with van der Waals surface area (Å²) in [4.78, 5) is 41.9. The fourth-order valence-electron chi connectivity index (χ4n) is 4.23. The molecule has 4 aromatic rings. The molecule has 39 heavy (non-hydrogen) atoms. The predicted molar refractivity (Wildman–Crippen MR) is 143 cm³/mol. The number of aromatic nitrogens is 1. The van der Waals surface area contributed by atoms with Crippen LogP contribution in [0.4, 0.5) is 5.69 Å². The molecule has 0 spiro atoms. The van der Waals surface area contributed by atoms with Crippen molar-refractivity contribution in [3.05, 3.63) is 124 Å². The minimum atomic E-state index is -0.701. The van der Waals surface area contributed by atoms with Crippen LogP contribution in [0, 0.1) is 10.1 Å². The number of allylic oxidation sites excluding steroid dienone is 1. The van der Waals surface area contributed by atoms with Crippen LogP contribution in [0.5, 0.6) is 5.75 Å². The number of nitrogens with zero attached hydrogens (tertiary/aromatic N) is 3. The van der Waals surface area contributed by atoms with Gasteiger partial charge in [-0.15, -0.1) is 0 Å². The van der Waals surface area contributed by atoms with Crippen molar-refractivity contribution in [3.8, 4) is 5.75 Å². The number of esters is 1. The van der Waals surface area contributed by atoms with Crippen LogP contribution in [-0.2, 0) is 16.1 Å². The summed E-state index contributed by atoms with van der Waals surface area (Å²) in [6.45, 7) is 1.64. The van der Waals surface area contributed by atoms with Crippen molar-refractivity contribution in [2.45, 2.75) is 19.6 Å². The lowest BCUT2D eigenvalue weighted by Gasteiger charge is -2.24. The highest BCUT2D eigenvalue weighted by Gasteiger charge is 2.33. The zero-order valence-electron chi connectivity index (χ0n) is 20.6. The summed E-state index contributed by atoms with van der Waals surface area (Å²) in [5.74, 6) is 0.262. The van der Waals surface area contributed by atoms with Gasteiger partial charge < -0.3 is 13.9 Å². The number of thiazole rings is 1. The highest BCUT2D eigenvalue weighted by atomic mass is 35.5. The number of hydrogen-bond donors (Lipinski definition) is 0. The molecule has 1 aliphatic heterocycles. The summed E-state index contributed by atoms with van der Waals surface area (Å²) >= 11 is 7.02. The van der Waals surface area contributed by atoms with Gasteiger partial charge in [0.1, 0.15) is 18.1 Å². The summed E-state index contributed by atoms with van der Waals surface area (Å²) < 4.78 is 18.2. The molecule has 12 heteroatoms. The van der Waals surface area contributed by atoms with E-state index in [1.165, 1.54) is 41.2 Å². The molecule has 10 nitrogen and oxygen atoms in total. The number of nitro benzene ring substituents is 1. The van der Waals surface area contributed by atoms with E-state index >= 15 is 0 Å². The number of hydrogen-bond acceptors (Lipinski definition) is 9. The van der Waals surface area contributed by atoms with Crippen LogP contribution < -0.4 is 19.6 Å². The average Bonchev–Trinajstić information content (AvgIpc) is 3.50. The third kappa shape index (κ3) is 5.14. The number of rotatable bonds is 7. The summed E-state index contributed by atoms with van der Waals surface area (Å²) in [5.41, 5.74) is 0.902. The standard InChI is InChI=1S/C27H20ClN3O7S/c1-15-23(26(33)36-2)24(16-6-4-3-5-7-16)30-25(32)22(39-27(30)29-15)13-18-9-10-19(38-18)14-37-21-11-8-17(28)12-20(21)31(34)35/h3-13,24H,14H2,1-2H3/t24-/m1/s1. The van der Waals surface area contributed by atoms with Crippen LogP contribution in [0.25, 0.3) is 6.08 Å². The molecular weight excluding hydrogens is 546 g/mol. The largest absolute Gasteiger partial charge is 0.479 e. The minimum absolute atomic E-state index is 0.0494. The van der Waals surface area contributed by atoms with Crippen LogP contribution in [0.2, 0.25) is 5.02 Å². The molecule has 1 atom stereocenters. The number of fused-ring (bicyclic) bond motifs is 1. The maximum absolute atomic E-state index is 13.6. The number of halogens is 1. The van der Waals surface area contributed by atoms with Crippen molar-refractivity contribution in [2.24, 2.45) is 4.99 Å². The van der Waals surface area contributed by atoms with Gasteiger partial charge in [0.25, 0.3) is 5.56 Å². The zero-order chi connectivity index (χ0) is 27.7. The molecule has 3 heterocycles. The second kappa shape index (κ2) is 10.7. The number of ether oxygens (including phenoxy) is 2. The summed E-state index contributed by atoms with van der Waals surface area (Å²) in [7, 11) is 1.29. The van der Waals surface area contributed by atoms with Crippen molar-refractivity contribution in [3.63, 3.8) is 0 Å². The molecule has 0 fully saturated rings. The van der Waals surface area contributed by atoms with E-state index in [-0.39, 0.29) is 34.2 Å². The highest BCUT2D eigenvalue weighted by molar-refractivity contribution is 7.07. The van der Waals surface area contributed by atoms with Gasteiger partial charge in [-0.1, -0.05) is 53.3 Å². The van der Waals surface area contributed by atoms with Gasteiger partial charge in [0.2, 0.25) is 0 Å². The lowest BCUT2D eigenvalue weighted by Crippen LogP contribution is -2.39. The fourth-order valence-corrected chi connectivity index (χ4v) is 5.42. The molecule has 0 amide bonds. The smallest absolute Gasteiger partial charge is 0.338 e. The van der Waals surface area contributed by atoms with E-state index in [2.05, 4.69) is 4.99 Å². The Morgan fingerprint density at radius 1 is 1.23 bits per heavy atom. The van der Waals surface area contributed by atoms with E-state index in [1.807, 2.05) is 30.3 Å². The van der Waals surface area contributed by atoms with Crippen molar-refractivity contribution in [2.75, 3.05) is 7.11 Å². The van der Waals surface area contributed by atoms with Crippen molar-refractivity contribution in [1.29, 1.82) is 0 Å². The number of carbonyl (C=O) groups is 1. The number of nitro groups is 1. The Kier molecular flexibility index (Phi) is 7.18. The predicted octanol–water partition coefficient (Wildman–Crippen LogP) is 4.14. The molecule has 5 rings (SSSR count). The molecule has 0 bridgehead atoms. The lowest BCUT2D eigenvalue weighted by molar-refractivity contribution is -0.385. The lowest BCUT2D eigenvalue weighted by atomic mass is 9.96. The van der Waals surface area contributed by atoms with Gasteiger partial charge >= 0.3 is 11.7 Å². The molecular formula is C27H20ClN3O7S. The van der Waals surface area contributed by atoms with Gasteiger partial charge in [0, 0.05) is 17.2 Å². The maximum atomic E-state index is 13.6. The Labute approximate surface area is 229 Å². The molecule has 0 unspecified atom stereocenters. The third-order valence-corrected chi connectivity index (χ3v) is 7.20. The van der Waals surface area contributed by atoms with Crippen molar-refractivity contribution >= 4 is 40.7 Å². The number of furan rings is 1. The number of benzene rings is 2. The van der Waals surface area contributed by atoms with E-state index in [0.29, 0.717) is 26.6 Å². The van der Waals surface area contributed by atoms with E-state index < -0.39 is 16.9 Å². The van der Waals surface area contributed by atoms with Crippen LogP contribution in [0.15, 0.2) is 86.1 Å². The van der Waals surface area contributed by atoms with Crippen LogP contribution in [-0.4, -0.2) is 22.6 Å². The molecule has 1 aliphatic rings. The second-order valence-electron chi connectivity index (χ2n) is 8.45. The van der Waals surface area contributed by atoms with Gasteiger partial charge in [0.15, 0.2) is 10.6 Å². The monoisotopic (exact) mass is 565 g/mol. The zero-order valence-corrected chi connectivity index (χ0v) is 22.2. The van der Waals surface area contributed by atoms with Gasteiger partial charge in [-0.25, -0.2) is 9.79 Å². The maximum Gasteiger partial charge on any atom is 0.338 e. The Hall–Kier alpha value is -4.48. The molecule has 198 valence electrons. The summed E-state index contributed by atoms with van der Waals surface area (Å²) in [6, 6.07) is 15.9. The van der Waals surface area contributed by atoms with E-state index in [9.17, 15) is 19.7 Å². The molecule has 2 aromatic heterocycles. The summed E-state index contributed by atoms with van der Waals surface area (Å²) in [5, 5.41) is 11.5. The fraction of sp³-hybridized carbons (Fsp3) is 0.148. The normalized spacial score (nSPS) is 15.1. The Morgan fingerprint density at radius 2 is 2.00 bits per heavy atom. The van der Waals surface area contributed by atoms with Crippen molar-refractivity contribution < 1.29 is 23.6 Å². The topological polar surface area (TPSA) is 126 Å². The SMILES string of the molecule is COC(=O)C1=C(C)N=c2sc(=Cc3ccc(COc4ccc(Cl)cc4[N+](=O)[O-])o3)c(=O)n2[C@@H]1c1ccccc1. The molecule has 0 N–H and O–H groups in total. The molecule has 0 saturated heterocycles. The molecule has 0 radical (unpaired) electrons. The van der Waals surface area contributed by atoms with Crippen LogP contribution in [0.3, 0.4) is 0 Å². The van der Waals surface area contributed by atoms with Crippen LogP contribution >= 0.6 is 22.9 Å². The minimum Gasteiger partial charge on any atom is -0.479 e. The number of methoxy groups -OCH3 is 1. The highest BCUT2D eigenvalue weighted by Crippen LogP contribution is 2.31. The van der Waals surface area contributed by atoms with E-state index in [0.717, 1.165) is 5.56 Å². The average molecular weight is 566 g/mol. The first-order valence-electron chi connectivity index (χ1n) is 11.6. The Bertz CT molecular complexity index is 1800. The first-order chi connectivity index (χ1) is 18.8. The van der Waals surface area contributed by atoms with Gasteiger partial charge in [-0.05, 0) is 36.8 Å². The van der Waals surface area contributed by atoms with Crippen LogP contribution in [0.1, 0.15) is 30.0 Å².